The molecule has 0 saturated carbocycles. The van der Waals surface area contributed by atoms with E-state index >= 15 is 0 Å². The van der Waals surface area contributed by atoms with Crippen molar-refractivity contribution in [1.82, 2.24) is 14.5 Å². The molecule has 3 aromatic carbocycles. The van der Waals surface area contributed by atoms with Gasteiger partial charge in [0.25, 0.3) is 0 Å². The standard InChI is InChI=1S/C32H24N5O.Pt/c1-21-14-16-33-31(18-21)37-27-9-5-4-8-25(27)26-13-12-24(20-30(26)37)38-32-19-23(15-17-34-32)36-22(2)35(3)28-10-6-7-11-29(28)36;/h4-18,22H,2H2,1,3H3;/q-3;. The van der Waals surface area contributed by atoms with E-state index in [2.05, 4.69) is 86.7 Å². The van der Waals surface area contributed by atoms with E-state index < -0.39 is 0 Å². The van der Waals surface area contributed by atoms with Gasteiger partial charge in [-0.25, -0.2) is 4.98 Å². The molecule has 0 N–H and O–H groups in total. The topological polar surface area (TPSA) is 46.4 Å². The van der Waals surface area contributed by atoms with Crippen LogP contribution >= 0.6 is 0 Å². The summed E-state index contributed by atoms with van der Waals surface area (Å²) in [6.07, 6.45) is 3.46. The van der Waals surface area contributed by atoms with Gasteiger partial charge >= 0.3 is 0 Å². The number of rotatable bonds is 4. The number of pyridine rings is 2. The Kier molecular flexibility index (Phi) is 6.36. The molecule has 1 atom stereocenters. The van der Waals surface area contributed by atoms with Crippen molar-refractivity contribution in [3.05, 3.63) is 116 Å². The molecule has 0 spiro atoms. The molecule has 7 heteroatoms. The first-order valence-electron chi connectivity index (χ1n) is 12.5. The molecule has 0 aliphatic carbocycles. The van der Waals surface area contributed by atoms with Crippen LogP contribution in [0, 0.1) is 26.0 Å². The maximum absolute atomic E-state index is 6.23. The van der Waals surface area contributed by atoms with Crippen LogP contribution in [0.15, 0.2) is 91.3 Å². The van der Waals surface area contributed by atoms with Gasteiger partial charge in [0.05, 0.1) is 11.4 Å². The fraction of sp³-hybridized carbons (Fsp3) is 0.0938. The van der Waals surface area contributed by atoms with E-state index in [0.717, 1.165) is 50.2 Å². The quantitative estimate of drug-likeness (QED) is 0.186. The third-order valence-electron chi connectivity index (χ3n) is 7.08. The Labute approximate surface area is 241 Å². The Balaban J connectivity index is 0.00000277. The Morgan fingerprint density at radius 1 is 0.846 bits per heavy atom. The number of aromatic nitrogens is 3. The van der Waals surface area contributed by atoms with Crippen molar-refractivity contribution >= 4 is 38.9 Å². The third-order valence-corrected chi connectivity index (χ3v) is 7.08. The minimum absolute atomic E-state index is 0. The molecular formula is C32H24N5OPt-3. The maximum atomic E-state index is 6.23. The molecule has 4 heterocycles. The molecule has 196 valence electrons. The fourth-order valence-electron chi connectivity index (χ4n) is 5.22. The van der Waals surface area contributed by atoms with Crippen LogP contribution in [0.1, 0.15) is 5.56 Å². The van der Waals surface area contributed by atoms with Crippen molar-refractivity contribution in [3.63, 3.8) is 0 Å². The van der Waals surface area contributed by atoms with Gasteiger partial charge in [-0.2, -0.15) is 18.2 Å². The molecular weight excluding hydrogens is 665 g/mol. The molecule has 0 radical (unpaired) electrons. The zero-order chi connectivity index (χ0) is 25.8. The van der Waals surface area contributed by atoms with E-state index in [1.54, 1.807) is 6.20 Å². The summed E-state index contributed by atoms with van der Waals surface area (Å²) in [4.78, 5) is 13.4. The zero-order valence-corrected chi connectivity index (χ0v) is 23.7. The summed E-state index contributed by atoms with van der Waals surface area (Å²) < 4.78 is 8.36. The Bertz CT molecular complexity index is 1830. The largest absolute Gasteiger partial charge is 0.484 e. The van der Waals surface area contributed by atoms with Crippen LogP contribution in [-0.2, 0) is 21.1 Å². The van der Waals surface area contributed by atoms with Gasteiger partial charge in [0, 0.05) is 45.6 Å². The summed E-state index contributed by atoms with van der Waals surface area (Å²) in [5.41, 5.74) is 6.14. The molecule has 1 aliphatic heterocycles. The number of aryl methyl sites for hydroxylation is 1. The number of fused-ring (bicyclic) bond motifs is 4. The van der Waals surface area contributed by atoms with Crippen molar-refractivity contribution in [1.29, 1.82) is 0 Å². The molecule has 1 aliphatic rings. The summed E-state index contributed by atoms with van der Waals surface area (Å²) in [6, 6.07) is 33.4. The van der Waals surface area contributed by atoms with Crippen LogP contribution in [0.3, 0.4) is 0 Å². The van der Waals surface area contributed by atoms with Crippen molar-refractivity contribution in [2.45, 2.75) is 13.1 Å². The van der Waals surface area contributed by atoms with Crippen LogP contribution in [0.2, 0.25) is 0 Å². The fourth-order valence-corrected chi connectivity index (χ4v) is 5.22. The van der Waals surface area contributed by atoms with Gasteiger partial charge in [-0.15, -0.1) is 23.2 Å². The second-order valence-electron chi connectivity index (χ2n) is 9.44. The molecule has 7 rings (SSSR count). The smallest absolute Gasteiger partial charge is 0.135 e. The number of hydrogen-bond acceptors (Lipinski definition) is 5. The minimum Gasteiger partial charge on any atom is -0.484 e. The van der Waals surface area contributed by atoms with Gasteiger partial charge in [0.15, 0.2) is 0 Å². The van der Waals surface area contributed by atoms with E-state index in [1.165, 1.54) is 0 Å². The molecule has 3 aromatic heterocycles. The zero-order valence-electron chi connectivity index (χ0n) is 21.4. The van der Waals surface area contributed by atoms with E-state index in [0.29, 0.717) is 11.6 Å². The molecule has 0 bridgehead atoms. The molecule has 0 saturated heterocycles. The van der Waals surface area contributed by atoms with Gasteiger partial charge in [-0.1, -0.05) is 35.8 Å². The van der Waals surface area contributed by atoms with Crippen LogP contribution < -0.4 is 14.5 Å². The molecule has 0 fully saturated rings. The summed E-state index contributed by atoms with van der Waals surface area (Å²) >= 11 is 0. The summed E-state index contributed by atoms with van der Waals surface area (Å²) in [5, 5.41) is 2.22. The third kappa shape index (κ3) is 4.16. The SMILES string of the molecule is [CH2-]C1N(C)c2ccccc2N1c1[c-]c(Oc2[c-]c3c(cc2)c2ccccc2n3-c2cc(C)ccn2)ncc1.[Pt]. The van der Waals surface area contributed by atoms with Gasteiger partial charge in [-0.05, 0) is 60.6 Å². The molecule has 0 amide bonds. The van der Waals surface area contributed by atoms with E-state index in [9.17, 15) is 0 Å². The van der Waals surface area contributed by atoms with Crippen LogP contribution in [-0.4, -0.2) is 27.7 Å². The molecule has 1 unspecified atom stereocenters. The van der Waals surface area contributed by atoms with Crippen molar-refractivity contribution in [3.8, 4) is 17.4 Å². The normalized spacial score (nSPS) is 14.5. The van der Waals surface area contributed by atoms with Crippen LogP contribution in [0.5, 0.6) is 11.6 Å². The van der Waals surface area contributed by atoms with Crippen LogP contribution in [0.4, 0.5) is 17.1 Å². The number of anilines is 3. The second-order valence-corrected chi connectivity index (χ2v) is 9.44. The van der Waals surface area contributed by atoms with E-state index in [1.807, 2.05) is 55.7 Å². The first-order chi connectivity index (χ1) is 18.6. The number of para-hydroxylation sites is 3. The predicted octanol–water partition coefficient (Wildman–Crippen LogP) is 7.02. The van der Waals surface area contributed by atoms with E-state index in [-0.39, 0.29) is 27.2 Å². The average Bonchev–Trinajstić information content (AvgIpc) is 3.40. The van der Waals surface area contributed by atoms with Gasteiger partial charge in [0.2, 0.25) is 0 Å². The predicted molar refractivity (Wildman–Crippen MR) is 151 cm³/mol. The average molecular weight is 690 g/mol. The Morgan fingerprint density at radius 2 is 1.62 bits per heavy atom. The summed E-state index contributed by atoms with van der Waals surface area (Å²) in [5.74, 6) is 1.77. The van der Waals surface area contributed by atoms with Gasteiger partial charge < -0.3 is 26.0 Å². The van der Waals surface area contributed by atoms with Crippen molar-refractivity contribution in [2.75, 3.05) is 16.8 Å². The Morgan fingerprint density at radius 3 is 2.46 bits per heavy atom. The van der Waals surface area contributed by atoms with Crippen LogP contribution in [0.25, 0.3) is 27.6 Å². The number of benzene rings is 3. The molecule has 6 aromatic rings. The summed E-state index contributed by atoms with van der Waals surface area (Å²) in [6.45, 7) is 6.43. The second kappa shape index (κ2) is 9.86. The monoisotopic (exact) mass is 689 g/mol. The van der Waals surface area contributed by atoms with Gasteiger partial charge in [-0.3, -0.25) is 4.98 Å². The molecule has 39 heavy (non-hydrogen) atoms. The molecule has 6 nitrogen and oxygen atoms in total. The van der Waals surface area contributed by atoms with Gasteiger partial charge in [0.1, 0.15) is 11.7 Å². The summed E-state index contributed by atoms with van der Waals surface area (Å²) in [7, 11) is 2.04. The van der Waals surface area contributed by atoms with Crippen molar-refractivity contribution < 1.29 is 25.8 Å². The number of hydrogen-bond donors (Lipinski definition) is 0. The first-order valence-corrected chi connectivity index (χ1v) is 12.5. The first kappa shape index (κ1) is 25.1. The Hall–Kier alpha value is -4.15. The minimum atomic E-state index is -0.112. The van der Waals surface area contributed by atoms with Crippen molar-refractivity contribution in [2.24, 2.45) is 0 Å². The number of nitrogens with zero attached hydrogens (tertiary/aromatic N) is 5. The number of ether oxygens (including phenoxy) is 1. The maximum Gasteiger partial charge on any atom is 0.135 e. The van der Waals surface area contributed by atoms with E-state index in [4.69, 9.17) is 4.74 Å².